The van der Waals surface area contributed by atoms with Crippen LogP contribution in [0.2, 0.25) is 0 Å². The summed E-state index contributed by atoms with van der Waals surface area (Å²) in [6.07, 6.45) is 2.55. The molecule has 0 aliphatic carbocycles. The highest BCUT2D eigenvalue weighted by molar-refractivity contribution is 8.00. The van der Waals surface area contributed by atoms with E-state index in [1.54, 1.807) is 0 Å². The summed E-state index contributed by atoms with van der Waals surface area (Å²) in [7, 11) is 0. The summed E-state index contributed by atoms with van der Waals surface area (Å²) in [5.74, 6) is 2.70. The Balaban J connectivity index is 2.19. The lowest BCUT2D eigenvalue weighted by atomic mass is 9.88. The molecule has 1 spiro atoms. The van der Waals surface area contributed by atoms with Crippen LogP contribution in [0.5, 0.6) is 0 Å². The van der Waals surface area contributed by atoms with E-state index in [-0.39, 0.29) is 5.54 Å². The number of thioether (sulfide) groups is 1. The van der Waals surface area contributed by atoms with Crippen molar-refractivity contribution in [1.82, 2.24) is 4.90 Å². The zero-order valence-electron chi connectivity index (χ0n) is 10.6. The fraction of sp³-hybridized carbons (Fsp3) is 0.917. The molecule has 3 nitrogen and oxygen atoms in total. The van der Waals surface area contributed by atoms with Gasteiger partial charge in [-0.05, 0) is 24.5 Å². The Kier molecular flexibility index (Phi) is 3.38. The van der Waals surface area contributed by atoms with Crippen LogP contribution in [0.4, 0.5) is 0 Å². The lowest BCUT2D eigenvalue weighted by Gasteiger charge is -2.46. The van der Waals surface area contributed by atoms with Gasteiger partial charge in [-0.2, -0.15) is 11.8 Å². The first-order valence-corrected chi connectivity index (χ1v) is 7.30. The molecular formula is C12H23N3S. The topological polar surface area (TPSA) is 41.6 Å². The molecule has 92 valence electrons. The van der Waals surface area contributed by atoms with Gasteiger partial charge in [0.1, 0.15) is 0 Å². The molecule has 2 aliphatic rings. The molecule has 2 rings (SSSR count). The molecule has 1 saturated heterocycles. The van der Waals surface area contributed by atoms with Crippen molar-refractivity contribution in [2.24, 2.45) is 16.6 Å². The van der Waals surface area contributed by atoms with E-state index in [2.05, 4.69) is 42.4 Å². The van der Waals surface area contributed by atoms with E-state index in [0.29, 0.717) is 11.2 Å². The molecule has 2 N–H and O–H groups in total. The number of nitrogens with zero attached hydrogens (tertiary/aromatic N) is 2. The Labute approximate surface area is 103 Å². The minimum absolute atomic E-state index is 0.220. The maximum Gasteiger partial charge on any atom is 0.191 e. The summed E-state index contributed by atoms with van der Waals surface area (Å²) < 4.78 is 0. The largest absolute Gasteiger partial charge is 0.370 e. The standard InChI is InChI=1S/C12H23N3S/c1-9(2)7-15-11(13)14-8-12(15)5-4-6-16-10(12)3/h9-10H,4-8H2,1-3H3,(H2,13,14). The van der Waals surface area contributed by atoms with Gasteiger partial charge in [0, 0.05) is 11.8 Å². The minimum Gasteiger partial charge on any atom is -0.370 e. The van der Waals surface area contributed by atoms with Gasteiger partial charge in [0.25, 0.3) is 0 Å². The van der Waals surface area contributed by atoms with E-state index in [1.165, 1.54) is 18.6 Å². The highest BCUT2D eigenvalue weighted by Crippen LogP contribution is 2.41. The fourth-order valence-electron chi connectivity index (χ4n) is 2.82. The molecule has 0 aromatic rings. The lowest BCUT2D eigenvalue weighted by molar-refractivity contribution is 0.164. The zero-order valence-corrected chi connectivity index (χ0v) is 11.4. The summed E-state index contributed by atoms with van der Waals surface area (Å²) in [5.41, 5.74) is 6.28. The van der Waals surface area contributed by atoms with Crippen molar-refractivity contribution in [2.45, 2.75) is 44.4 Å². The minimum atomic E-state index is 0.220. The van der Waals surface area contributed by atoms with Gasteiger partial charge in [0.2, 0.25) is 0 Å². The number of rotatable bonds is 2. The first kappa shape index (κ1) is 12.1. The maximum absolute atomic E-state index is 6.06. The monoisotopic (exact) mass is 241 g/mol. The van der Waals surface area contributed by atoms with Crippen LogP contribution >= 0.6 is 11.8 Å². The maximum atomic E-state index is 6.06. The Hall–Kier alpha value is -0.380. The molecule has 4 heteroatoms. The van der Waals surface area contributed by atoms with Crippen LogP contribution in [0.3, 0.4) is 0 Å². The molecule has 0 bridgehead atoms. The molecule has 2 atom stereocenters. The van der Waals surface area contributed by atoms with Gasteiger partial charge in [0.05, 0.1) is 12.1 Å². The third kappa shape index (κ3) is 1.92. The van der Waals surface area contributed by atoms with E-state index in [9.17, 15) is 0 Å². The van der Waals surface area contributed by atoms with E-state index in [0.717, 1.165) is 19.0 Å². The third-order valence-electron chi connectivity index (χ3n) is 3.76. The second-order valence-electron chi connectivity index (χ2n) is 5.40. The zero-order chi connectivity index (χ0) is 11.8. The Morgan fingerprint density at radius 1 is 1.62 bits per heavy atom. The molecule has 2 heterocycles. The molecular weight excluding hydrogens is 218 g/mol. The lowest BCUT2D eigenvalue weighted by Crippen LogP contribution is -2.59. The second-order valence-corrected chi connectivity index (χ2v) is 6.85. The summed E-state index contributed by atoms with van der Waals surface area (Å²) >= 11 is 2.08. The smallest absolute Gasteiger partial charge is 0.191 e. The van der Waals surface area contributed by atoms with Gasteiger partial charge < -0.3 is 10.6 Å². The van der Waals surface area contributed by atoms with E-state index in [1.807, 2.05) is 0 Å². The van der Waals surface area contributed by atoms with Gasteiger partial charge in [-0.3, -0.25) is 4.99 Å². The third-order valence-corrected chi connectivity index (χ3v) is 5.22. The quantitative estimate of drug-likeness (QED) is 0.803. The van der Waals surface area contributed by atoms with Crippen molar-refractivity contribution in [3.8, 4) is 0 Å². The van der Waals surface area contributed by atoms with Gasteiger partial charge in [0.15, 0.2) is 5.96 Å². The van der Waals surface area contributed by atoms with Gasteiger partial charge in [-0.25, -0.2) is 0 Å². The highest BCUT2D eigenvalue weighted by Gasteiger charge is 2.47. The van der Waals surface area contributed by atoms with Crippen molar-refractivity contribution in [1.29, 1.82) is 0 Å². The van der Waals surface area contributed by atoms with E-state index >= 15 is 0 Å². The summed E-state index contributed by atoms with van der Waals surface area (Å²) in [5, 5.41) is 0.643. The van der Waals surface area contributed by atoms with Gasteiger partial charge in [-0.1, -0.05) is 20.8 Å². The van der Waals surface area contributed by atoms with Crippen LogP contribution in [-0.4, -0.2) is 40.5 Å². The SMILES string of the molecule is CC(C)CN1C(N)=NCC12CCCSC2C. The number of hydrogen-bond donors (Lipinski definition) is 1. The van der Waals surface area contributed by atoms with Crippen molar-refractivity contribution in [3.05, 3.63) is 0 Å². The normalized spacial score (nSPS) is 34.9. The molecule has 0 radical (unpaired) electrons. The van der Waals surface area contributed by atoms with Gasteiger partial charge >= 0.3 is 0 Å². The number of guanidine groups is 1. The Bertz CT molecular complexity index is 290. The highest BCUT2D eigenvalue weighted by atomic mass is 32.2. The fourth-order valence-corrected chi connectivity index (χ4v) is 4.11. The first-order valence-electron chi connectivity index (χ1n) is 6.25. The molecule has 2 aliphatic heterocycles. The van der Waals surface area contributed by atoms with E-state index < -0.39 is 0 Å². The predicted octanol–water partition coefficient (Wildman–Crippen LogP) is 1.93. The molecule has 0 aromatic heterocycles. The number of nitrogens with two attached hydrogens (primary N) is 1. The predicted molar refractivity (Wildman–Crippen MR) is 71.9 cm³/mol. The van der Waals surface area contributed by atoms with Crippen LogP contribution < -0.4 is 5.73 Å². The Morgan fingerprint density at radius 3 is 3.00 bits per heavy atom. The Morgan fingerprint density at radius 2 is 2.38 bits per heavy atom. The molecule has 0 aromatic carbocycles. The number of hydrogen-bond acceptors (Lipinski definition) is 4. The summed E-state index contributed by atoms with van der Waals surface area (Å²) in [6, 6.07) is 0. The van der Waals surface area contributed by atoms with E-state index in [4.69, 9.17) is 5.73 Å². The van der Waals surface area contributed by atoms with Crippen molar-refractivity contribution < 1.29 is 0 Å². The van der Waals surface area contributed by atoms with Crippen molar-refractivity contribution in [3.63, 3.8) is 0 Å². The van der Waals surface area contributed by atoms with Crippen molar-refractivity contribution in [2.75, 3.05) is 18.8 Å². The summed E-state index contributed by atoms with van der Waals surface area (Å²) in [4.78, 5) is 6.89. The summed E-state index contributed by atoms with van der Waals surface area (Å²) in [6.45, 7) is 8.78. The molecule has 1 fully saturated rings. The molecule has 2 unspecified atom stereocenters. The average Bonchev–Trinajstić information content (AvgIpc) is 2.52. The van der Waals surface area contributed by atoms with Crippen LogP contribution in [-0.2, 0) is 0 Å². The van der Waals surface area contributed by atoms with Crippen LogP contribution in [0.1, 0.15) is 33.6 Å². The number of aliphatic imine (C=N–C) groups is 1. The molecule has 0 saturated carbocycles. The second kappa shape index (κ2) is 4.47. The molecule has 0 amide bonds. The van der Waals surface area contributed by atoms with Crippen molar-refractivity contribution >= 4 is 17.7 Å². The van der Waals surface area contributed by atoms with Crippen LogP contribution in [0, 0.1) is 5.92 Å². The van der Waals surface area contributed by atoms with Crippen LogP contribution in [0.15, 0.2) is 4.99 Å². The average molecular weight is 241 g/mol. The van der Waals surface area contributed by atoms with Gasteiger partial charge in [-0.15, -0.1) is 0 Å². The van der Waals surface area contributed by atoms with Crippen LogP contribution in [0.25, 0.3) is 0 Å². The molecule has 16 heavy (non-hydrogen) atoms. The first-order chi connectivity index (χ1) is 7.56.